The molecule has 0 spiro atoms. The average molecular weight is 564 g/mol. The van der Waals surface area contributed by atoms with Crippen molar-refractivity contribution in [2.75, 3.05) is 0 Å². The second kappa shape index (κ2) is 12.5. The van der Waals surface area contributed by atoms with Gasteiger partial charge in [0.1, 0.15) is 6.04 Å². The number of nitrogens with zero attached hydrogens (tertiary/aromatic N) is 2. The van der Waals surface area contributed by atoms with Gasteiger partial charge in [-0.3, -0.25) is 9.59 Å². The number of hydrazone groups is 1. The van der Waals surface area contributed by atoms with Gasteiger partial charge in [0.05, 0.1) is 16.8 Å². The summed E-state index contributed by atoms with van der Waals surface area (Å²) in [7, 11) is 0. The molecule has 0 bridgehead atoms. The first kappa shape index (κ1) is 28.4. The van der Waals surface area contributed by atoms with E-state index < -0.39 is 17.9 Å². The van der Waals surface area contributed by atoms with Crippen molar-refractivity contribution in [2.45, 2.75) is 46.7 Å². The van der Waals surface area contributed by atoms with Crippen molar-refractivity contribution in [1.29, 1.82) is 0 Å². The number of amides is 2. The summed E-state index contributed by atoms with van der Waals surface area (Å²) in [5.74, 6) is -0.691. The number of hydrogen-bond donors (Lipinski definition) is 2. The lowest BCUT2D eigenvalue weighted by atomic mass is 10.0. The molecule has 2 amide bonds. The molecule has 1 aromatic heterocycles. The Balaban J connectivity index is 1.54. The SMILES string of the molecule is Cc1cccc(Cn2c(C)c(/C=N\NC(=O)[C@@H](CC(C)C)NC(=O)c3ccc(Cl)cc3Cl)c3ccccc32)c1. The fraction of sp³-hybridized carbons (Fsp3) is 0.258. The summed E-state index contributed by atoms with van der Waals surface area (Å²) in [4.78, 5) is 26.0. The summed E-state index contributed by atoms with van der Waals surface area (Å²) in [5.41, 5.74) is 8.37. The van der Waals surface area contributed by atoms with Gasteiger partial charge in [0, 0.05) is 33.7 Å². The molecule has 0 aliphatic rings. The molecular formula is C31H32Cl2N4O2. The number of fused-ring (bicyclic) bond motifs is 1. The molecule has 3 aromatic carbocycles. The summed E-state index contributed by atoms with van der Waals surface area (Å²) < 4.78 is 2.25. The highest BCUT2D eigenvalue weighted by atomic mass is 35.5. The highest BCUT2D eigenvalue weighted by Gasteiger charge is 2.23. The monoisotopic (exact) mass is 562 g/mol. The van der Waals surface area contributed by atoms with Crippen molar-refractivity contribution in [3.05, 3.63) is 105 Å². The predicted octanol–water partition coefficient (Wildman–Crippen LogP) is 6.91. The van der Waals surface area contributed by atoms with Crippen molar-refractivity contribution in [3.8, 4) is 0 Å². The van der Waals surface area contributed by atoms with Crippen LogP contribution in [0.1, 0.15) is 53.0 Å². The fourth-order valence-corrected chi connectivity index (χ4v) is 5.16. The van der Waals surface area contributed by atoms with E-state index in [1.54, 1.807) is 12.3 Å². The first-order valence-electron chi connectivity index (χ1n) is 12.9. The molecule has 4 aromatic rings. The first-order chi connectivity index (χ1) is 18.6. The van der Waals surface area contributed by atoms with E-state index in [4.69, 9.17) is 23.2 Å². The largest absolute Gasteiger partial charge is 0.340 e. The number of aryl methyl sites for hydroxylation is 1. The Kier molecular flexibility index (Phi) is 9.10. The third kappa shape index (κ3) is 6.88. The average Bonchev–Trinajstić information content (AvgIpc) is 3.14. The lowest BCUT2D eigenvalue weighted by Gasteiger charge is -2.19. The molecule has 4 rings (SSSR count). The van der Waals surface area contributed by atoms with Crippen molar-refractivity contribution in [3.63, 3.8) is 0 Å². The van der Waals surface area contributed by atoms with Crippen LogP contribution < -0.4 is 10.7 Å². The minimum Gasteiger partial charge on any atom is -0.340 e. The van der Waals surface area contributed by atoms with Gasteiger partial charge in [0.2, 0.25) is 0 Å². The van der Waals surface area contributed by atoms with Crippen LogP contribution in [0.5, 0.6) is 0 Å². The van der Waals surface area contributed by atoms with Gasteiger partial charge < -0.3 is 9.88 Å². The van der Waals surface area contributed by atoms with E-state index in [1.165, 1.54) is 23.3 Å². The minimum atomic E-state index is -0.787. The Hall–Kier alpha value is -3.61. The number of benzene rings is 3. The Bertz CT molecular complexity index is 1540. The summed E-state index contributed by atoms with van der Waals surface area (Å²) in [6.45, 7) is 8.83. The molecule has 0 radical (unpaired) electrons. The highest BCUT2D eigenvalue weighted by molar-refractivity contribution is 6.36. The molecule has 1 heterocycles. The summed E-state index contributed by atoms with van der Waals surface area (Å²) >= 11 is 12.1. The molecule has 0 saturated carbocycles. The van der Waals surface area contributed by atoms with Crippen LogP contribution >= 0.6 is 23.2 Å². The Morgan fingerprint density at radius 1 is 1.00 bits per heavy atom. The molecular weight excluding hydrogens is 531 g/mol. The quantitative estimate of drug-likeness (QED) is 0.172. The van der Waals surface area contributed by atoms with E-state index in [9.17, 15) is 9.59 Å². The second-order valence-corrected chi connectivity index (χ2v) is 10.9. The van der Waals surface area contributed by atoms with Crippen molar-refractivity contribution in [1.82, 2.24) is 15.3 Å². The van der Waals surface area contributed by atoms with Crippen LogP contribution in [-0.4, -0.2) is 28.6 Å². The molecule has 6 nitrogen and oxygen atoms in total. The molecule has 8 heteroatoms. The Morgan fingerprint density at radius 3 is 2.49 bits per heavy atom. The van der Waals surface area contributed by atoms with Crippen LogP contribution in [0.25, 0.3) is 10.9 Å². The molecule has 0 aliphatic carbocycles. The Labute approximate surface area is 239 Å². The van der Waals surface area contributed by atoms with E-state index in [1.807, 2.05) is 26.0 Å². The van der Waals surface area contributed by atoms with Gasteiger partial charge in [-0.05, 0) is 56.0 Å². The second-order valence-electron chi connectivity index (χ2n) is 10.1. The lowest BCUT2D eigenvalue weighted by molar-refractivity contribution is -0.123. The maximum atomic E-state index is 13.1. The zero-order chi connectivity index (χ0) is 28.1. The van der Waals surface area contributed by atoms with Gasteiger partial charge in [0.25, 0.3) is 11.8 Å². The summed E-state index contributed by atoms with van der Waals surface area (Å²) in [6.07, 6.45) is 2.11. The highest BCUT2D eigenvalue weighted by Crippen LogP contribution is 2.26. The maximum Gasteiger partial charge on any atom is 0.262 e. The molecule has 0 saturated heterocycles. The molecule has 39 heavy (non-hydrogen) atoms. The first-order valence-corrected chi connectivity index (χ1v) is 13.6. The van der Waals surface area contributed by atoms with Gasteiger partial charge in [-0.2, -0.15) is 5.10 Å². The number of halogens is 2. The van der Waals surface area contributed by atoms with Crippen molar-refractivity contribution >= 4 is 52.1 Å². The number of aromatic nitrogens is 1. The van der Waals surface area contributed by atoms with Crippen LogP contribution in [0.2, 0.25) is 10.0 Å². The van der Waals surface area contributed by atoms with Crippen molar-refractivity contribution in [2.24, 2.45) is 11.0 Å². The predicted molar refractivity (Wildman–Crippen MR) is 160 cm³/mol. The number of carbonyl (C=O) groups is 2. The van der Waals surface area contributed by atoms with Crippen LogP contribution in [-0.2, 0) is 11.3 Å². The smallest absolute Gasteiger partial charge is 0.262 e. The van der Waals surface area contributed by atoms with E-state index in [-0.39, 0.29) is 16.5 Å². The number of para-hydroxylation sites is 1. The lowest BCUT2D eigenvalue weighted by Crippen LogP contribution is -2.46. The Morgan fingerprint density at radius 2 is 1.77 bits per heavy atom. The fourth-order valence-electron chi connectivity index (χ4n) is 4.67. The third-order valence-corrected chi connectivity index (χ3v) is 7.12. The van der Waals surface area contributed by atoms with Crippen LogP contribution in [0.15, 0.2) is 71.8 Å². The number of carbonyl (C=O) groups excluding carboxylic acids is 2. The molecule has 2 N–H and O–H groups in total. The zero-order valence-electron chi connectivity index (χ0n) is 22.5. The molecule has 0 unspecified atom stereocenters. The van der Waals surface area contributed by atoms with Crippen LogP contribution in [0.4, 0.5) is 0 Å². The number of hydrogen-bond acceptors (Lipinski definition) is 3. The van der Waals surface area contributed by atoms with Gasteiger partial charge >= 0.3 is 0 Å². The standard InChI is InChI=1S/C31H32Cl2N4O2/c1-19(2)14-28(35-30(38)25-13-12-23(32)16-27(25)33)31(39)36-34-17-26-21(4)37(29-11-6-5-10-24(26)29)18-22-9-7-8-20(3)15-22/h5-13,15-17,19,28H,14,18H2,1-4H3,(H,35,38)(H,36,39)/b34-17-/t28-/m1/s1. The van der Waals surface area contributed by atoms with E-state index in [0.29, 0.717) is 11.4 Å². The normalized spacial score (nSPS) is 12.3. The summed E-state index contributed by atoms with van der Waals surface area (Å²) in [6, 6.07) is 20.4. The van der Waals surface area contributed by atoms with Gasteiger partial charge in [-0.15, -0.1) is 0 Å². The van der Waals surface area contributed by atoms with E-state index in [0.717, 1.165) is 28.7 Å². The van der Waals surface area contributed by atoms with Crippen molar-refractivity contribution < 1.29 is 9.59 Å². The third-order valence-electron chi connectivity index (χ3n) is 6.58. The number of nitrogens with one attached hydrogen (secondary N) is 2. The molecule has 0 fully saturated rings. The van der Waals surface area contributed by atoms with Crippen LogP contribution in [0.3, 0.4) is 0 Å². The zero-order valence-corrected chi connectivity index (χ0v) is 24.0. The van der Waals surface area contributed by atoms with E-state index in [2.05, 4.69) is 70.7 Å². The molecule has 202 valence electrons. The summed E-state index contributed by atoms with van der Waals surface area (Å²) in [5, 5.41) is 8.78. The topological polar surface area (TPSA) is 75.5 Å². The van der Waals surface area contributed by atoms with Gasteiger partial charge in [0.15, 0.2) is 0 Å². The molecule has 0 aliphatic heterocycles. The van der Waals surface area contributed by atoms with Gasteiger partial charge in [-0.25, -0.2) is 5.43 Å². The van der Waals surface area contributed by atoms with Gasteiger partial charge in [-0.1, -0.05) is 85.1 Å². The van der Waals surface area contributed by atoms with Crippen LogP contribution in [0, 0.1) is 19.8 Å². The molecule has 1 atom stereocenters. The number of rotatable bonds is 9. The van der Waals surface area contributed by atoms with E-state index >= 15 is 0 Å². The minimum absolute atomic E-state index is 0.160. The maximum absolute atomic E-state index is 13.1.